The normalized spacial score (nSPS) is 35.4. The van der Waals surface area contributed by atoms with Crippen molar-refractivity contribution in [1.29, 1.82) is 0 Å². The first-order chi connectivity index (χ1) is 8.59. The molecule has 0 aromatic heterocycles. The van der Waals surface area contributed by atoms with Crippen LogP contribution in [0.15, 0.2) is 0 Å². The summed E-state index contributed by atoms with van der Waals surface area (Å²) in [6.45, 7) is 5.08. The Labute approximate surface area is 111 Å². The molecule has 0 radical (unpaired) electrons. The number of amides is 1. The molecular weight excluding hydrogens is 274 g/mol. The minimum Gasteiger partial charge on any atom is -0.456 e. The summed E-state index contributed by atoms with van der Waals surface area (Å²) in [7, 11) is -3.75. The van der Waals surface area contributed by atoms with E-state index >= 15 is 0 Å². The highest BCUT2D eigenvalue weighted by atomic mass is 32.2. The Morgan fingerprint density at radius 1 is 1.37 bits per heavy atom. The fourth-order valence-electron chi connectivity index (χ4n) is 2.69. The molecule has 0 aromatic carbocycles. The van der Waals surface area contributed by atoms with Crippen LogP contribution in [0.4, 0.5) is 0 Å². The van der Waals surface area contributed by atoms with Crippen LogP contribution in [0.1, 0.15) is 20.8 Å². The molecule has 2 heterocycles. The summed E-state index contributed by atoms with van der Waals surface area (Å²) in [5, 5.41) is 2.57. The zero-order valence-electron chi connectivity index (χ0n) is 11.2. The number of carbonyl (C=O) groups is 2. The van der Waals surface area contributed by atoms with Crippen LogP contribution in [0.3, 0.4) is 0 Å². The molecule has 0 aliphatic carbocycles. The Hall–Kier alpha value is -1.15. The topological polar surface area (TPSA) is 98.8 Å². The molecule has 2 unspecified atom stereocenters. The van der Waals surface area contributed by atoms with Crippen molar-refractivity contribution in [2.24, 2.45) is 11.8 Å². The Morgan fingerprint density at radius 3 is 2.32 bits per heavy atom. The summed E-state index contributed by atoms with van der Waals surface area (Å²) < 4.78 is 32.7. The molecule has 108 valence electrons. The first-order valence-corrected chi connectivity index (χ1v) is 7.82. The number of hydrogen-bond donors (Lipinski definition) is 1. The van der Waals surface area contributed by atoms with E-state index in [4.69, 9.17) is 8.92 Å². The maximum absolute atomic E-state index is 11.8. The van der Waals surface area contributed by atoms with E-state index in [0.717, 1.165) is 6.26 Å². The molecule has 0 saturated carbocycles. The van der Waals surface area contributed by atoms with Gasteiger partial charge in [-0.2, -0.15) is 8.42 Å². The van der Waals surface area contributed by atoms with Crippen molar-refractivity contribution in [1.82, 2.24) is 5.32 Å². The first-order valence-electron chi connectivity index (χ1n) is 6.01. The van der Waals surface area contributed by atoms with E-state index in [1.807, 2.05) is 0 Å². The molecule has 4 atom stereocenters. The number of ether oxygens (including phenoxy) is 1. The summed E-state index contributed by atoms with van der Waals surface area (Å²) in [6, 6.07) is 0. The van der Waals surface area contributed by atoms with Gasteiger partial charge in [0, 0.05) is 0 Å². The molecule has 8 heteroatoms. The quantitative estimate of drug-likeness (QED) is 0.549. The lowest BCUT2D eigenvalue weighted by Gasteiger charge is -2.47. The number of esters is 1. The van der Waals surface area contributed by atoms with Crippen LogP contribution in [0.2, 0.25) is 0 Å². The molecule has 1 N–H and O–H groups in total. The highest BCUT2D eigenvalue weighted by Crippen LogP contribution is 2.44. The maximum Gasteiger partial charge on any atom is 0.339 e. The average molecular weight is 291 g/mol. The Morgan fingerprint density at radius 2 is 1.95 bits per heavy atom. The maximum atomic E-state index is 11.8. The van der Waals surface area contributed by atoms with Gasteiger partial charge >= 0.3 is 5.97 Å². The van der Waals surface area contributed by atoms with Crippen LogP contribution < -0.4 is 5.32 Å². The van der Waals surface area contributed by atoms with E-state index in [1.54, 1.807) is 20.8 Å². The summed E-state index contributed by atoms with van der Waals surface area (Å²) in [5.41, 5.74) is -1.38. The molecule has 2 fully saturated rings. The monoisotopic (exact) mass is 291 g/mol. The van der Waals surface area contributed by atoms with Gasteiger partial charge in [0.2, 0.25) is 11.4 Å². The molecule has 0 aromatic rings. The SMILES string of the molecule is CC(C)C(OS(C)(=O)=O)[C@@]12NC(=O)[C@H](C)C1OC2=O. The fourth-order valence-corrected chi connectivity index (χ4v) is 3.44. The molecule has 2 saturated heterocycles. The molecule has 1 amide bonds. The Kier molecular flexibility index (Phi) is 3.13. The molecule has 2 rings (SSSR count). The minimum atomic E-state index is -3.75. The van der Waals surface area contributed by atoms with Gasteiger partial charge < -0.3 is 10.1 Å². The van der Waals surface area contributed by atoms with Crippen molar-refractivity contribution < 1.29 is 26.9 Å². The largest absolute Gasteiger partial charge is 0.456 e. The highest BCUT2D eigenvalue weighted by molar-refractivity contribution is 7.86. The molecule has 7 nitrogen and oxygen atoms in total. The van der Waals surface area contributed by atoms with Gasteiger partial charge in [-0.15, -0.1) is 0 Å². The third-order valence-corrected chi connectivity index (χ3v) is 4.11. The minimum absolute atomic E-state index is 0.282. The zero-order valence-corrected chi connectivity index (χ0v) is 12.0. The summed E-state index contributed by atoms with van der Waals surface area (Å²) in [4.78, 5) is 23.6. The van der Waals surface area contributed by atoms with Crippen molar-refractivity contribution in [3.63, 3.8) is 0 Å². The van der Waals surface area contributed by atoms with Crippen LogP contribution in [0.5, 0.6) is 0 Å². The second-order valence-corrected chi connectivity index (χ2v) is 7.04. The predicted molar refractivity (Wildman–Crippen MR) is 64.5 cm³/mol. The van der Waals surface area contributed by atoms with Crippen LogP contribution in [-0.2, 0) is 28.6 Å². The standard InChI is InChI=1S/C11H17NO6S/c1-5(2)7(18-19(4,15)16)11-8(17-10(11)14)6(3)9(13)12-11/h5-8H,1-4H3,(H,12,13)/t6-,7?,8?,11-/m1/s1. The molecule has 2 aliphatic heterocycles. The van der Waals surface area contributed by atoms with Gasteiger partial charge in [0.05, 0.1) is 12.2 Å². The molecule has 19 heavy (non-hydrogen) atoms. The molecular formula is C11H17NO6S. The van der Waals surface area contributed by atoms with Gasteiger partial charge in [0.25, 0.3) is 10.1 Å². The second-order valence-electron chi connectivity index (χ2n) is 5.44. The lowest BCUT2D eigenvalue weighted by atomic mass is 9.76. The van der Waals surface area contributed by atoms with E-state index in [0.29, 0.717) is 0 Å². The second kappa shape index (κ2) is 4.17. The van der Waals surface area contributed by atoms with Crippen molar-refractivity contribution >= 4 is 22.0 Å². The Balaban J connectivity index is 2.40. The smallest absolute Gasteiger partial charge is 0.339 e. The summed E-state index contributed by atoms with van der Waals surface area (Å²) >= 11 is 0. The van der Waals surface area contributed by atoms with Crippen LogP contribution in [0, 0.1) is 11.8 Å². The van der Waals surface area contributed by atoms with E-state index in [2.05, 4.69) is 5.32 Å². The number of fused-ring (bicyclic) bond motifs is 1. The molecule has 0 bridgehead atoms. The number of nitrogens with one attached hydrogen (secondary N) is 1. The average Bonchev–Trinajstić information content (AvgIpc) is 2.45. The van der Waals surface area contributed by atoms with Crippen LogP contribution in [-0.4, -0.2) is 44.3 Å². The van der Waals surface area contributed by atoms with E-state index in [9.17, 15) is 18.0 Å². The van der Waals surface area contributed by atoms with Crippen molar-refractivity contribution in [2.75, 3.05) is 6.26 Å². The van der Waals surface area contributed by atoms with Crippen molar-refractivity contribution in [2.45, 2.75) is 38.5 Å². The zero-order chi connectivity index (χ0) is 14.6. The number of carbonyl (C=O) groups excluding carboxylic acids is 2. The van der Waals surface area contributed by atoms with Crippen molar-refractivity contribution in [3.05, 3.63) is 0 Å². The molecule has 2 aliphatic rings. The van der Waals surface area contributed by atoms with E-state index < -0.39 is 39.8 Å². The summed E-state index contributed by atoms with van der Waals surface area (Å²) in [5.74, 6) is -1.77. The molecule has 0 spiro atoms. The van der Waals surface area contributed by atoms with Gasteiger partial charge in [-0.1, -0.05) is 13.8 Å². The number of rotatable bonds is 4. The van der Waals surface area contributed by atoms with Gasteiger partial charge in [-0.05, 0) is 12.8 Å². The fraction of sp³-hybridized carbons (Fsp3) is 0.818. The Bertz CT molecular complexity index is 527. The predicted octanol–water partition coefficient (Wildman–Crippen LogP) is -0.583. The lowest BCUT2D eigenvalue weighted by Crippen LogP contribution is -2.74. The third kappa shape index (κ3) is 2.02. The number of hydrogen-bond acceptors (Lipinski definition) is 6. The van der Waals surface area contributed by atoms with Gasteiger partial charge in [-0.25, -0.2) is 4.79 Å². The van der Waals surface area contributed by atoms with Gasteiger partial charge in [0.15, 0.2) is 0 Å². The van der Waals surface area contributed by atoms with Gasteiger partial charge in [0.1, 0.15) is 12.2 Å². The van der Waals surface area contributed by atoms with Crippen LogP contribution in [0.25, 0.3) is 0 Å². The highest BCUT2D eigenvalue weighted by Gasteiger charge is 2.72. The first kappa shape index (κ1) is 14.3. The van der Waals surface area contributed by atoms with Crippen molar-refractivity contribution in [3.8, 4) is 0 Å². The third-order valence-electron chi connectivity index (χ3n) is 3.55. The lowest BCUT2D eigenvalue weighted by molar-refractivity contribution is -0.204. The van der Waals surface area contributed by atoms with Crippen LogP contribution >= 0.6 is 0 Å². The summed E-state index contributed by atoms with van der Waals surface area (Å²) in [6.07, 6.45) is -0.734. The van der Waals surface area contributed by atoms with E-state index in [1.165, 1.54) is 0 Å². The van der Waals surface area contributed by atoms with E-state index in [-0.39, 0.29) is 11.8 Å². The van der Waals surface area contributed by atoms with Gasteiger partial charge in [-0.3, -0.25) is 8.98 Å².